The van der Waals surface area contributed by atoms with E-state index in [0.717, 1.165) is 18.4 Å². The monoisotopic (exact) mass is 260 g/mol. The van der Waals surface area contributed by atoms with Gasteiger partial charge in [-0.05, 0) is 30.5 Å². The molecule has 4 nitrogen and oxygen atoms in total. The lowest BCUT2D eigenvalue weighted by Gasteiger charge is -2.28. The van der Waals surface area contributed by atoms with E-state index < -0.39 is 0 Å². The Morgan fingerprint density at radius 2 is 2.16 bits per heavy atom. The van der Waals surface area contributed by atoms with Gasteiger partial charge < -0.3 is 15.2 Å². The van der Waals surface area contributed by atoms with Crippen molar-refractivity contribution in [3.05, 3.63) is 29.3 Å². The Morgan fingerprint density at radius 3 is 2.84 bits per heavy atom. The van der Waals surface area contributed by atoms with Crippen molar-refractivity contribution in [3.8, 4) is 11.8 Å². The molecule has 2 unspecified atom stereocenters. The highest BCUT2D eigenvalue weighted by molar-refractivity contribution is 5.45. The SMILES string of the molecule is COc1cc(COC2CCCCC2N)ccc1C#N. The van der Waals surface area contributed by atoms with Gasteiger partial charge in [0, 0.05) is 6.04 Å². The van der Waals surface area contributed by atoms with Crippen molar-refractivity contribution < 1.29 is 9.47 Å². The fraction of sp³-hybridized carbons (Fsp3) is 0.533. The maximum absolute atomic E-state index is 8.93. The third-order valence-electron chi connectivity index (χ3n) is 3.60. The second-order valence-electron chi connectivity index (χ2n) is 4.94. The minimum Gasteiger partial charge on any atom is -0.495 e. The molecule has 1 saturated carbocycles. The molecule has 0 bridgehead atoms. The molecular formula is C15H20N2O2. The molecule has 1 aromatic carbocycles. The van der Waals surface area contributed by atoms with Gasteiger partial charge in [-0.15, -0.1) is 0 Å². The molecule has 4 heteroatoms. The van der Waals surface area contributed by atoms with E-state index in [4.69, 9.17) is 20.5 Å². The first-order chi connectivity index (χ1) is 9.24. The van der Waals surface area contributed by atoms with E-state index >= 15 is 0 Å². The van der Waals surface area contributed by atoms with E-state index in [2.05, 4.69) is 6.07 Å². The highest BCUT2D eigenvalue weighted by Crippen LogP contribution is 2.23. The number of nitrogens with two attached hydrogens (primary N) is 1. The van der Waals surface area contributed by atoms with E-state index in [-0.39, 0.29) is 12.1 Å². The number of benzene rings is 1. The molecule has 1 fully saturated rings. The van der Waals surface area contributed by atoms with E-state index in [0.29, 0.717) is 17.9 Å². The summed E-state index contributed by atoms with van der Waals surface area (Å²) in [5.74, 6) is 0.594. The van der Waals surface area contributed by atoms with Gasteiger partial charge in [0.15, 0.2) is 0 Å². The van der Waals surface area contributed by atoms with Crippen molar-refractivity contribution in [2.45, 2.75) is 44.4 Å². The molecule has 0 spiro atoms. The standard InChI is InChI=1S/C15H20N2O2/c1-18-15-8-11(6-7-12(15)9-16)10-19-14-5-3-2-4-13(14)17/h6-8,13-14H,2-5,10,17H2,1H3. The molecule has 0 aromatic heterocycles. The molecule has 2 rings (SSSR count). The van der Waals surface area contributed by atoms with Gasteiger partial charge in [-0.25, -0.2) is 0 Å². The van der Waals surface area contributed by atoms with Gasteiger partial charge in [-0.3, -0.25) is 0 Å². The summed E-state index contributed by atoms with van der Waals surface area (Å²) in [5, 5.41) is 8.93. The van der Waals surface area contributed by atoms with Crippen LogP contribution in [0.15, 0.2) is 18.2 Å². The van der Waals surface area contributed by atoms with Crippen LogP contribution in [0.4, 0.5) is 0 Å². The molecule has 0 saturated heterocycles. The first kappa shape index (κ1) is 13.9. The van der Waals surface area contributed by atoms with Gasteiger partial charge in [0.25, 0.3) is 0 Å². The minimum atomic E-state index is 0.147. The highest BCUT2D eigenvalue weighted by atomic mass is 16.5. The van der Waals surface area contributed by atoms with E-state index in [1.807, 2.05) is 12.1 Å². The number of rotatable bonds is 4. The summed E-state index contributed by atoms with van der Waals surface area (Å²) < 4.78 is 11.1. The molecule has 0 heterocycles. The van der Waals surface area contributed by atoms with Crippen LogP contribution in [0, 0.1) is 11.3 Å². The van der Waals surface area contributed by atoms with Crippen molar-refractivity contribution in [1.29, 1.82) is 5.26 Å². The van der Waals surface area contributed by atoms with E-state index in [9.17, 15) is 0 Å². The summed E-state index contributed by atoms with van der Waals surface area (Å²) in [6.07, 6.45) is 4.62. The molecule has 2 atom stereocenters. The number of hydrogen-bond acceptors (Lipinski definition) is 4. The fourth-order valence-electron chi connectivity index (χ4n) is 2.45. The summed E-state index contributed by atoms with van der Waals surface area (Å²) in [7, 11) is 1.57. The zero-order valence-electron chi connectivity index (χ0n) is 11.3. The Kier molecular flexibility index (Phi) is 4.78. The first-order valence-corrected chi connectivity index (χ1v) is 6.69. The zero-order chi connectivity index (χ0) is 13.7. The van der Waals surface area contributed by atoms with Crippen molar-refractivity contribution >= 4 is 0 Å². The predicted molar refractivity (Wildman–Crippen MR) is 72.7 cm³/mol. The third-order valence-corrected chi connectivity index (χ3v) is 3.60. The highest BCUT2D eigenvalue weighted by Gasteiger charge is 2.22. The van der Waals surface area contributed by atoms with Crippen LogP contribution in [0.25, 0.3) is 0 Å². The second kappa shape index (κ2) is 6.55. The second-order valence-corrected chi connectivity index (χ2v) is 4.94. The van der Waals surface area contributed by atoms with Gasteiger partial charge in [0.2, 0.25) is 0 Å². The Hall–Kier alpha value is -1.57. The van der Waals surface area contributed by atoms with Gasteiger partial charge in [0.05, 0.1) is 25.4 Å². The van der Waals surface area contributed by atoms with E-state index in [1.165, 1.54) is 12.8 Å². The summed E-state index contributed by atoms with van der Waals surface area (Å²) in [6, 6.07) is 7.76. The molecular weight excluding hydrogens is 240 g/mol. The predicted octanol–water partition coefficient (Wildman–Crippen LogP) is 2.35. The number of nitriles is 1. The lowest BCUT2D eigenvalue weighted by atomic mass is 9.93. The Balaban J connectivity index is 1.97. The zero-order valence-corrected chi connectivity index (χ0v) is 11.3. The average Bonchev–Trinajstić information content (AvgIpc) is 2.46. The van der Waals surface area contributed by atoms with Gasteiger partial charge >= 0.3 is 0 Å². The van der Waals surface area contributed by atoms with Crippen molar-refractivity contribution in [1.82, 2.24) is 0 Å². The first-order valence-electron chi connectivity index (χ1n) is 6.69. The van der Waals surface area contributed by atoms with Crippen LogP contribution in [0.3, 0.4) is 0 Å². The molecule has 1 aliphatic rings. The number of hydrogen-bond donors (Lipinski definition) is 1. The molecule has 0 amide bonds. The maximum atomic E-state index is 8.93. The van der Waals surface area contributed by atoms with Crippen LogP contribution in [-0.4, -0.2) is 19.3 Å². The molecule has 2 N–H and O–H groups in total. The topological polar surface area (TPSA) is 68.3 Å². The molecule has 0 aliphatic heterocycles. The summed E-state index contributed by atoms with van der Waals surface area (Å²) in [6.45, 7) is 0.514. The average molecular weight is 260 g/mol. The van der Waals surface area contributed by atoms with Gasteiger partial charge in [-0.2, -0.15) is 5.26 Å². The molecule has 1 aliphatic carbocycles. The molecule has 0 radical (unpaired) electrons. The van der Waals surface area contributed by atoms with Crippen molar-refractivity contribution in [2.24, 2.45) is 5.73 Å². The van der Waals surface area contributed by atoms with Crippen molar-refractivity contribution in [3.63, 3.8) is 0 Å². The summed E-state index contributed by atoms with van der Waals surface area (Å²) in [4.78, 5) is 0. The minimum absolute atomic E-state index is 0.147. The van der Waals surface area contributed by atoms with Crippen LogP contribution in [0.5, 0.6) is 5.75 Å². The quantitative estimate of drug-likeness (QED) is 0.902. The summed E-state index contributed by atoms with van der Waals surface area (Å²) in [5.41, 5.74) is 7.60. The molecule has 102 valence electrons. The maximum Gasteiger partial charge on any atom is 0.136 e. The normalized spacial score (nSPS) is 22.8. The third kappa shape index (κ3) is 3.46. The van der Waals surface area contributed by atoms with Crippen LogP contribution in [0.1, 0.15) is 36.8 Å². The smallest absolute Gasteiger partial charge is 0.136 e. The lowest BCUT2D eigenvalue weighted by molar-refractivity contribution is 0.00398. The number of ether oxygens (including phenoxy) is 2. The van der Waals surface area contributed by atoms with Crippen LogP contribution in [-0.2, 0) is 11.3 Å². The Labute approximate surface area is 114 Å². The number of methoxy groups -OCH3 is 1. The van der Waals surface area contributed by atoms with E-state index in [1.54, 1.807) is 13.2 Å². The lowest BCUT2D eigenvalue weighted by Crippen LogP contribution is -2.39. The summed E-state index contributed by atoms with van der Waals surface area (Å²) >= 11 is 0. The largest absolute Gasteiger partial charge is 0.495 e. The number of nitrogens with zero attached hydrogens (tertiary/aromatic N) is 1. The van der Waals surface area contributed by atoms with Crippen molar-refractivity contribution in [2.75, 3.05) is 7.11 Å². The Bertz CT molecular complexity index is 468. The Morgan fingerprint density at radius 1 is 1.37 bits per heavy atom. The van der Waals surface area contributed by atoms with Gasteiger partial charge in [-0.1, -0.05) is 18.9 Å². The van der Waals surface area contributed by atoms with Gasteiger partial charge in [0.1, 0.15) is 11.8 Å². The molecule has 1 aromatic rings. The van der Waals surface area contributed by atoms with Crippen LogP contribution < -0.4 is 10.5 Å². The molecule has 19 heavy (non-hydrogen) atoms. The van der Waals surface area contributed by atoms with Crippen LogP contribution >= 0.6 is 0 Å². The fourth-order valence-corrected chi connectivity index (χ4v) is 2.45. The van der Waals surface area contributed by atoms with Crippen LogP contribution in [0.2, 0.25) is 0 Å².